The van der Waals surface area contributed by atoms with Gasteiger partial charge in [0.15, 0.2) is 5.76 Å². The highest BCUT2D eigenvalue weighted by Gasteiger charge is 2.13. The number of anilines is 1. The molecule has 1 N–H and O–H groups in total. The van der Waals surface area contributed by atoms with Crippen molar-refractivity contribution in [2.75, 3.05) is 37.4 Å². The molecule has 4 rings (SSSR count). The first-order chi connectivity index (χ1) is 13.8. The van der Waals surface area contributed by atoms with Gasteiger partial charge in [-0.05, 0) is 29.8 Å². The van der Waals surface area contributed by atoms with Gasteiger partial charge in [-0.1, -0.05) is 23.9 Å². The maximum absolute atomic E-state index is 12.2. The number of nitrogens with one attached hydrogen (secondary N) is 1. The summed E-state index contributed by atoms with van der Waals surface area (Å²) in [4.78, 5) is 14.5. The minimum Gasteiger partial charge on any atom is -0.459 e. The Morgan fingerprint density at radius 3 is 2.71 bits per heavy atom. The number of ether oxygens (including phenoxy) is 1. The Morgan fingerprint density at radius 1 is 1.14 bits per heavy atom. The molecule has 28 heavy (non-hydrogen) atoms. The van der Waals surface area contributed by atoms with Gasteiger partial charge in [0.25, 0.3) is 11.1 Å². The number of carbonyl (C=O) groups excluding carboxylic acids is 1. The van der Waals surface area contributed by atoms with Crippen LogP contribution < -0.4 is 5.32 Å². The van der Waals surface area contributed by atoms with Gasteiger partial charge in [-0.15, -0.1) is 10.2 Å². The lowest BCUT2D eigenvalue weighted by Crippen LogP contribution is -2.35. The van der Waals surface area contributed by atoms with E-state index in [1.54, 1.807) is 12.1 Å². The Labute approximate surface area is 166 Å². The van der Waals surface area contributed by atoms with Crippen molar-refractivity contribution < 1.29 is 18.4 Å². The van der Waals surface area contributed by atoms with Gasteiger partial charge >= 0.3 is 0 Å². The molecule has 0 spiro atoms. The molecule has 0 radical (unpaired) electrons. The summed E-state index contributed by atoms with van der Waals surface area (Å²) in [6.07, 6.45) is 1.53. The minimum absolute atomic E-state index is 0.135. The summed E-state index contributed by atoms with van der Waals surface area (Å²) in [6.45, 7) is 4.37. The van der Waals surface area contributed by atoms with Crippen LogP contribution in [0.3, 0.4) is 0 Å². The lowest BCUT2D eigenvalue weighted by Gasteiger charge is -2.26. The highest BCUT2D eigenvalue weighted by molar-refractivity contribution is 7.99. The number of nitrogens with zero attached hydrogens (tertiary/aromatic N) is 3. The fourth-order valence-electron chi connectivity index (χ4n) is 2.80. The molecular weight excluding hydrogens is 380 g/mol. The number of thioether (sulfide) groups is 1. The van der Waals surface area contributed by atoms with E-state index in [-0.39, 0.29) is 11.7 Å². The van der Waals surface area contributed by atoms with Crippen molar-refractivity contribution in [2.24, 2.45) is 0 Å². The lowest BCUT2D eigenvalue weighted by molar-refractivity contribution is -0.113. The summed E-state index contributed by atoms with van der Waals surface area (Å²) in [5.41, 5.74) is 1.98. The molecule has 0 bridgehead atoms. The average molecular weight is 400 g/mol. The molecule has 0 aliphatic carbocycles. The average Bonchev–Trinajstić information content (AvgIpc) is 3.41. The maximum Gasteiger partial charge on any atom is 0.284 e. The molecule has 1 amide bonds. The number of rotatable bonds is 7. The molecule has 0 atom stereocenters. The van der Waals surface area contributed by atoms with Crippen molar-refractivity contribution in [3.8, 4) is 11.7 Å². The van der Waals surface area contributed by atoms with E-state index in [9.17, 15) is 4.79 Å². The van der Waals surface area contributed by atoms with Crippen molar-refractivity contribution in [2.45, 2.75) is 11.8 Å². The molecule has 1 aromatic carbocycles. The molecule has 9 heteroatoms. The van der Waals surface area contributed by atoms with Gasteiger partial charge in [0.1, 0.15) is 0 Å². The van der Waals surface area contributed by atoms with Gasteiger partial charge in [0.05, 0.1) is 25.2 Å². The molecule has 0 saturated carbocycles. The van der Waals surface area contributed by atoms with Crippen LogP contribution in [0, 0.1) is 0 Å². The van der Waals surface area contributed by atoms with Gasteiger partial charge in [0, 0.05) is 25.3 Å². The second kappa shape index (κ2) is 9.05. The lowest BCUT2D eigenvalue weighted by atomic mass is 10.2. The van der Waals surface area contributed by atoms with Crippen molar-refractivity contribution in [1.82, 2.24) is 15.1 Å². The smallest absolute Gasteiger partial charge is 0.284 e. The van der Waals surface area contributed by atoms with Crippen LogP contribution in [0.1, 0.15) is 5.56 Å². The Morgan fingerprint density at radius 2 is 1.96 bits per heavy atom. The maximum atomic E-state index is 12.2. The molecule has 3 aromatic rings. The van der Waals surface area contributed by atoms with Crippen molar-refractivity contribution in [3.63, 3.8) is 0 Å². The fourth-order valence-corrected chi connectivity index (χ4v) is 3.37. The molecule has 3 heterocycles. The molecule has 1 saturated heterocycles. The Kier molecular flexibility index (Phi) is 6.05. The number of amides is 1. The first-order valence-corrected chi connectivity index (χ1v) is 9.94. The first kappa shape index (κ1) is 18.7. The topological polar surface area (TPSA) is 93.6 Å². The van der Waals surface area contributed by atoms with E-state index in [2.05, 4.69) is 20.4 Å². The molecule has 0 unspecified atom stereocenters. The zero-order valence-corrected chi connectivity index (χ0v) is 16.0. The highest BCUT2D eigenvalue weighted by atomic mass is 32.2. The van der Waals surface area contributed by atoms with Crippen molar-refractivity contribution in [3.05, 3.63) is 48.2 Å². The molecular formula is C19H20N4O4S. The summed E-state index contributed by atoms with van der Waals surface area (Å²) in [7, 11) is 0. The largest absolute Gasteiger partial charge is 0.459 e. The van der Waals surface area contributed by atoms with Crippen LogP contribution in [0.25, 0.3) is 11.7 Å². The number of hydrogen-bond donors (Lipinski definition) is 1. The predicted octanol–water partition coefficient (Wildman–Crippen LogP) is 2.89. The third-order valence-corrected chi connectivity index (χ3v) is 5.03. The first-order valence-electron chi connectivity index (χ1n) is 8.95. The van der Waals surface area contributed by atoms with Crippen molar-refractivity contribution >= 4 is 23.4 Å². The van der Waals surface area contributed by atoms with Crippen LogP contribution in [0.5, 0.6) is 0 Å². The van der Waals surface area contributed by atoms with Gasteiger partial charge in [0.2, 0.25) is 5.91 Å². The monoisotopic (exact) mass is 400 g/mol. The van der Waals surface area contributed by atoms with Crippen LogP contribution in [0.4, 0.5) is 5.69 Å². The quantitative estimate of drug-likeness (QED) is 0.605. The third kappa shape index (κ3) is 5.00. The normalized spacial score (nSPS) is 14.9. The van der Waals surface area contributed by atoms with Gasteiger partial charge in [-0.2, -0.15) is 0 Å². The number of hydrogen-bond acceptors (Lipinski definition) is 8. The molecule has 1 aliphatic rings. The van der Waals surface area contributed by atoms with Crippen LogP contribution in [0.2, 0.25) is 0 Å². The second-order valence-corrected chi connectivity index (χ2v) is 7.20. The summed E-state index contributed by atoms with van der Waals surface area (Å²) >= 11 is 1.18. The van der Waals surface area contributed by atoms with Crippen LogP contribution in [-0.4, -0.2) is 53.1 Å². The third-order valence-electron chi connectivity index (χ3n) is 4.21. The van der Waals surface area contributed by atoms with E-state index >= 15 is 0 Å². The minimum atomic E-state index is -0.135. The van der Waals surface area contributed by atoms with Crippen LogP contribution >= 0.6 is 11.8 Å². The number of carbonyl (C=O) groups is 1. The van der Waals surface area contributed by atoms with E-state index in [1.807, 2.05) is 24.3 Å². The number of morpholine rings is 1. The summed E-state index contributed by atoms with van der Waals surface area (Å²) in [5.74, 6) is 0.836. The van der Waals surface area contributed by atoms with Gasteiger partial charge in [-0.25, -0.2) is 0 Å². The number of furan rings is 1. The van der Waals surface area contributed by atoms with Gasteiger partial charge in [-0.3, -0.25) is 9.69 Å². The standard InChI is InChI=1S/C19H20N4O4S/c24-17(13-28-19-22-21-18(27-19)16-2-1-9-26-16)20-15-5-3-14(4-6-15)12-23-7-10-25-11-8-23/h1-6,9H,7-8,10-13H2,(H,20,24). The zero-order valence-electron chi connectivity index (χ0n) is 15.2. The fraction of sp³-hybridized carbons (Fsp3) is 0.316. The van der Waals surface area contributed by atoms with E-state index in [0.717, 1.165) is 38.5 Å². The van der Waals surface area contributed by atoms with E-state index < -0.39 is 0 Å². The van der Waals surface area contributed by atoms with Gasteiger partial charge < -0.3 is 18.9 Å². The zero-order chi connectivity index (χ0) is 19.2. The van der Waals surface area contributed by atoms with E-state index in [4.69, 9.17) is 13.6 Å². The second-order valence-electron chi connectivity index (χ2n) is 6.27. The summed E-state index contributed by atoms with van der Waals surface area (Å²) in [6, 6.07) is 11.4. The highest BCUT2D eigenvalue weighted by Crippen LogP contribution is 2.23. The molecule has 2 aromatic heterocycles. The molecule has 1 aliphatic heterocycles. The Balaban J connectivity index is 1.24. The Hall–Kier alpha value is -2.62. The summed E-state index contributed by atoms with van der Waals surface area (Å²) in [5, 5.41) is 11.0. The SMILES string of the molecule is O=C(CSc1nnc(-c2ccco2)o1)Nc1ccc(CN2CCOCC2)cc1. The predicted molar refractivity (Wildman–Crippen MR) is 104 cm³/mol. The van der Waals surface area contributed by atoms with Crippen LogP contribution in [-0.2, 0) is 16.1 Å². The van der Waals surface area contributed by atoms with Crippen LogP contribution in [0.15, 0.2) is 56.7 Å². The molecule has 146 valence electrons. The molecule has 8 nitrogen and oxygen atoms in total. The summed E-state index contributed by atoms with van der Waals surface area (Å²) < 4.78 is 16.0. The number of benzene rings is 1. The van der Waals surface area contributed by atoms with E-state index in [1.165, 1.54) is 23.6 Å². The van der Waals surface area contributed by atoms with Crippen molar-refractivity contribution in [1.29, 1.82) is 0 Å². The molecule has 1 fully saturated rings. The van der Waals surface area contributed by atoms with E-state index in [0.29, 0.717) is 16.9 Å². The Bertz CT molecular complexity index is 889. The number of aromatic nitrogens is 2.